The van der Waals surface area contributed by atoms with Gasteiger partial charge in [0, 0.05) is 61.6 Å². The Balaban J connectivity index is 1.43. The maximum absolute atomic E-state index is 14.3. The highest BCUT2D eigenvalue weighted by Crippen LogP contribution is 2.26. The molecular formula is C34H34N6O2. The second kappa shape index (κ2) is 12.4. The van der Waals surface area contributed by atoms with Crippen LogP contribution in [0.15, 0.2) is 108 Å². The van der Waals surface area contributed by atoms with E-state index in [9.17, 15) is 9.59 Å². The smallest absolute Gasteiger partial charge is 0.263 e. The first-order valence-electron chi connectivity index (χ1n) is 14.5. The SMILES string of the molecule is CC[C@H](NC(=O)c1c(CN2CCN(c3ncccn3)CC2)n(-c2ccccc2)c(=O)c2ccccc12)c1ccccc1. The number of hydrogen-bond donors (Lipinski definition) is 1. The summed E-state index contributed by atoms with van der Waals surface area (Å²) >= 11 is 0. The maximum atomic E-state index is 14.3. The minimum absolute atomic E-state index is 0.130. The van der Waals surface area contributed by atoms with Crippen LogP contribution in [-0.2, 0) is 6.54 Å². The summed E-state index contributed by atoms with van der Waals surface area (Å²) in [5.41, 5.74) is 2.89. The van der Waals surface area contributed by atoms with Crippen molar-refractivity contribution in [3.8, 4) is 5.69 Å². The number of fused-ring (bicyclic) bond motifs is 1. The molecule has 1 saturated heterocycles. The number of amides is 1. The first-order chi connectivity index (χ1) is 20.6. The van der Waals surface area contributed by atoms with E-state index in [1.165, 1.54) is 0 Å². The lowest BCUT2D eigenvalue weighted by molar-refractivity contribution is 0.0934. The largest absolute Gasteiger partial charge is 0.345 e. The van der Waals surface area contributed by atoms with E-state index >= 15 is 0 Å². The summed E-state index contributed by atoms with van der Waals surface area (Å²) < 4.78 is 1.73. The van der Waals surface area contributed by atoms with Crippen molar-refractivity contribution in [3.05, 3.63) is 131 Å². The van der Waals surface area contributed by atoms with Crippen LogP contribution in [0.1, 0.15) is 41.0 Å². The number of rotatable bonds is 8. The summed E-state index contributed by atoms with van der Waals surface area (Å²) in [6.45, 7) is 5.51. The molecular weight excluding hydrogens is 524 g/mol. The molecule has 3 aromatic carbocycles. The Bertz CT molecular complexity index is 1720. The average Bonchev–Trinajstić information content (AvgIpc) is 3.05. The number of benzene rings is 3. The van der Waals surface area contributed by atoms with Crippen LogP contribution in [0, 0.1) is 0 Å². The Morgan fingerprint density at radius 1 is 0.810 bits per heavy atom. The number of para-hydroxylation sites is 1. The normalized spacial score (nSPS) is 14.5. The molecule has 0 bridgehead atoms. The monoisotopic (exact) mass is 558 g/mol. The Morgan fingerprint density at radius 3 is 2.10 bits per heavy atom. The lowest BCUT2D eigenvalue weighted by Crippen LogP contribution is -2.47. The molecule has 2 aromatic heterocycles. The van der Waals surface area contributed by atoms with Crippen LogP contribution < -0.4 is 15.8 Å². The van der Waals surface area contributed by atoms with E-state index in [4.69, 9.17) is 0 Å². The molecule has 0 aliphatic carbocycles. The highest BCUT2D eigenvalue weighted by molar-refractivity contribution is 6.08. The summed E-state index contributed by atoms with van der Waals surface area (Å²) in [7, 11) is 0. The van der Waals surface area contributed by atoms with Crippen molar-refractivity contribution in [1.82, 2.24) is 24.8 Å². The second-order valence-electron chi connectivity index (χ2n) is 10.5. The van der Waals surface area contributed by atoms with E-state index in [1.54, 1.807) is 17.0 Å². The molecule has 1 fully saturated rings. The Morgan fingerprint density at radius 2 is 1.43 bits per heavy atom. The van der Waals surface area contributed by atoms with Crippen LogP contribution >= 0.6 is 0 Å². The van der Waals surface area contributed by atoms with Gasteiger partial charge in [-0.05, 0) is 36.2 Å². The first kappa shape index (κ1) is 27.4. The van der Waals surface area contributed by atoms with Crippen LogP contribution in [0.25, 0.3) is 16.5 Å². The summed E-state index contributed by atoms with van der Waals surface area (Å²) in [5.74, 6) is 0.536. The van der Waals surface area contributed by atoms with Gasteiger partial charge < -0.3 is 10.2 Å². The van der Waals surface area contributed by atoms with E-state index in [2.05, 4.69) is 32.0 Å². The fraction of sp³-hybridized carbons (Fsp3) is 0.235. The summed E-state index contributed by atoms with van der Waals surface area (Å²) in [4.78, 5) is 41.7. The molecule has 42 heavy (non-hydrogen) atoms. The fourth-order valence-electron chi connectivity index (χ4n) is 5.76. The van der Waals surface area contributed by atoms with Gasteiger partial charge in [0.1, 0.15) is 0 Å². The van der Waals surface area contributed by atoms with Crippen molar-refractivity contribution < 1.29 is 4.79 Å². The average molecular weight is 559 g/mol. The van der Waals surface area contributed by atoms with Crippen molar-refractivity contribution in [2.45, 2.75) is 25.9 Å². The zero-order valence-electron chi connectivity index (χ0n) is 23.7. The minimum Gasteiger partial charge on any atom is -0.345 e. The third-order valence-electron chi connectivity index (χ3n) is 7.93. The molecule has 1 atom stereocenters. The molecule has 8 nitrogen and oxygen atoms in total. The molecule has 0 saturated carbocycles. The van der Waals surface area contributed by atoms with Gasteiger partial charge in [-0.25, -0.2) is 9.97 Å². The highest BCUT2D eigenvalue weighted by Gasteiger charge is 2.27. The molecule has 1 aliphatic rings. The zero-order valence-corrected chi connectivity index (χ0v) is 23.7. The van der Waals surface area contributed by atoms with Gasteiger partial charge in [0.05, 0.1) is 17.3 Å². The molecule has 3 heterocycles. The maximum Gasteiger partial charge on any atom is 0.263 e. The molecule has 0 radical (unpaired) electrons. The molecule has 8 heteroatoms. The quantitative estimate of drug-likeness (QED) is 0.289. The number of nitrogens with zero attached hydrogens (tertiary/aromatic N) is 5. The lowest BCUT2D eigenvalue weighted by Gasteiger charge is -2.35. The number of piperazine rings is 1. The highest BCUT2D eigenvalue weighted by atomic mass is 16.2. The first-order valence-corrected chi connectivity index (χ1v) is 14.5. The predicted octanol–water partition coefficient (Wildman–Crippen LogP) is 4.98. The predicted molar refractivity (Wildman–Crippen MR) is 166 cm³/mol. The van der Waals surface area contributed by atoms with Gasteiger partial charge in [-0.15, -0.1) is 0 Å². The number of aromatic nitrogens is 3. The molecule has 1 N–H and O–H groups in total. The van der Waals surface area contributed by atoms with Crippen LogP contribution in [0.4, 0.5) is 5.95 Å². The number of carbonyl (C=O) groups is 1. The van der Waals surface area contributed by atoms with Crippen molar-refractivity contribution in [3.63, 3.8) is 0 Å². The molecule has 6 rings (SSSR count). The number of carbonyl (C=O) groups excluding carboxylic acids is 1. The van der Waals surface area contributed by atoms with Gasteiger partial charge in [-0.2, -0.15) is 0 Å². The van der Waals surface area contributed by atoms with Crippen LogP contribution in [0.3, 0.4) is 0 Å². The van der Waals surface area contributed by atoms with Gasteiger partial charge in [0.2, 0.25) is 5.95 Å². The number of pyridine rings is 1. The van der Waals surface area contributed by atoms with Crippen LogP contribution in [0.5, 0.6) is 0 Å². The molecule has 5 aromatic rings. The molecule has 1 amide bonds. The van der Waals surface area contributed by atoms with Crippen molar-refractivity contribution in [1.29, 1.82) is 0 Å². The number of anilines is 1. The van der Waals surface area contributed by atoms with E-state index in [-0.39, 0.29) is 17.5 Å². The minimum atomic E-state index is -0.182. The van der Waals surface area contributed by atoms with Gasteiger partial charge in [0.15, 0.2) is 0 Å². The van der Waals surface area contributed by atoms with Gasteiger partial charge in [-0.3, -0.25) is 19.1 Å². The van der Waals surface area contributed by atoms with E-state index in [0.29, 0.717) is 28.6 Å². The molecule has 0 unspecified atom stereocenters. The van der Waals surface area contributed by atoms with E-state index < -0.39 is 0 Å². The van der Waals surface area contributed by atoms with Gasteiger partial charge in [-0.1, -0.05) is 73.7 Å². The van der Waals surface area contributed by atoms with Gasteiger partial charge >= 0.3 is 0 Å². The van der Waals surface area contributed by atoms with E-state index in [1.807, 2.05) is 91.0 Å². The number of hydrogen-bond acceptors (Lipinski definition) is 6. The molecule has 1 aliphatic heterocycles. The van der Waals surface area contributed by atoms with Crippen LogP contribution in [-0.4, -0.2) is 51.5 Å². The topological polar surface area (TPSA) is 83.4 Å². The Kier molecular flexibility index (Phi) is 8.05. The van der Waals surface area contributed by atoms with Crippen LogP contribution in [0.2, 0.25) is 0 Å². The molecule has 212 valence electrons. The summed E-state index contributed by atoms with van der Waals surface area (Å²) in [6.07, 6.45) is 4.25. The second-order valence-corrected chi connectivity index (χ2v) is 10.5. The standard InChI is InChI=1S/C34H34N6O2/c1-2-29(25-12-5-3-6-13-25)37-32(41)31-27-16-9-10-17-28(27)33(42)40(26-14-7-4-8-15-26)30(31)24-38-20-22-39(23-21-38)34-35-18-11-19-36-34/h3-19,29H,2,20-24H2,1H3,(H,37,41)/t29-/m0/s1. The third-order valence-corrected chi connectivity index (χ3v) is 7.93. The third kappa shape index (κ3) is 5.53. The zero-order chi connectivity index (χ0) is 28.9. The van der Waals surface area contributed by atoms with Crippen molar-refractivity contribution in [2.75, 3.05) is 31.1 Å². The molecule has 0 spiro atoms. The van der Waals surface area contributed by atoms with E-state index in [0.717, 1.165) is 49.8 Å². The van der Waals surface area contributed by atoms with Crippen molar-refractivity contribution >= 4 is 22.6 Å². The number of nitrogens with one attached hydrogen (secondary N) is 1. The van der Waals surface area contributed by atoms with Crippen molar-refractivity contribution in [2.24, 2.45) is 0 Å². The fourth-order valence-corrected chi connectivity index (χ4v) is 5.76. The lowest BCUT2D eigenvalue weighted by atomic mass is 9.99. The Labute approximate surface area is 245 Å². The summed E-state index contributed by atoms with van der Waals surface area (Å²) in [6, 6.07) is 28.7. The summed E-state index contributed by atoms with van der Waals surface area (Å²) in [5, 5.41) is 4.49. The Hall–Kier alpha value is -4.82. The van der Waals surface area contributed by atoms with Gasteiger partial charge in [0.25, 0.3) is 11.5 Å².